The predicted octanol–water partition coefficient (Wildman–Crippen LogP) is 3.34. The molecule has 5 rings (SSSR count). The van der Waals surface area contributed by atoms with Crippen molar-refractivity contribution in [2.75, 3.05) is 31.1 Å². The summed E-state index contributed by atoms with van der Waals surface area (Å²) in [4.78, 5) is 34.0. The zero-order valence-electron chi connectivity index (χ0n) is 17.5. The molecule has 1 N–H and O–H groups in total. The lowest BCUT2D eigenvalue weighted by atomic mass is 10.0. The number of nitrogens with one attached hydrogen (secondary N) is 1. The van der Waals surface area contributed by atoms with Crippen molar-refractivity contribution in [1.82, 2.24) is 15.2 Å². The van der Waals surface area contributed by atoms with Crippen LogP contribution in [0.4, 0.5) is 10.1 Å². The molecule has 0 unspecified atom stereocenters. The summed E-state index contributed by atoms with van der Waals surface area (Å²) in [5.74, 6) is -0.371. The summed E-state index contributed by atoms with van der Waals surface area (Å²) >= 11 is 0. The number of carbonyl (C=O) groups excluding carboxylic acids is 2. The van der Waals surface area contributed by atoms with Gasteiger partial charge in [-0.3, -0.25) is 9.59 Å². The fraction of sp³-hybridized carbons (Fsp3) is 0.292. The van der Waals surface area contributed by atoms with Gasteiger partial charge >= 0.3 is 0 Å². The van der Waals surface area contributed by atoms with Crippen LogP contribution >= 0.6 is 0 Å². The van der Waals surface area contributed by atoms with Crippen molar-refractivity contribution < 1.29 is 18.4 Å². The van der Waals surface area contributed by atoms with Crippen LogP contribution in [-0.2, 0) is 0 Å². The van der Waals surface area contributed by atoms with E-state index in [0.29, 0.717) is 43.1 Å². The quantitative estimate of drug-likeness (QED) is 0.667. The Morgan fingerprint density at radius 3 is 2.44 bits per heavy atom. The second kappa shape index (κ2) is 8.45. The topological polar surface area (TPSA) is 78.7 Å². The Balaban J connectivity index is 1.33. The maximum Gasteiger partial charge on any atom is 0.274 e. The van der Waals surface area contributed by atoms with Crippen LogP contribution in [0.1, 0.15) is 33.7 Å². The van der Waals surface area contributed by atoms with Crippen molar-refractivity contribution in [2.45, 2.75) is 18.9 Å². The number of aromatic nitrogens is 1. The van der Waals surface area contributed by atoms with E-state index in [1.807, 2.05) is 6.07 Å². The Morgan fingerprint density at radius 2 is 1.72 bits per heavy atom. The van der Waals surface area contributed by atoms with Crippen molar-refractivity contribution in [3.63, 3.8) is 0 Å². The Hall–Kier alpha value is -3.68. The molecule has 2 heterocycles. The third-order valence-electron chi connectivity index (χ3n) is 5.86. The number of hydrogen-bond donors (Lipinski definition) is 1. The predicted molar refractivity (Wildman–Crippen MR) is 117 cm³/mol. The van der Waals surface area contributed by atoms with Crippen LogP contribution in [0.5, 0.6) is 0 Å². The van der Waals surface area contributed by atoms with Crippen LogP contribution in [0.25, 0.3) is 11.3 Å². The molecule has 0 bridgehead atoms. The van der Waals surface area contributed by atoms with E-state index in [-0.39, 0.29) is 29.4 Å². The van der Waals surface area contributed by atoms with Gasteiger partial charge in [-0.2, -0.15) is 0 Å². The van der Waals surface area contributed by atoms with Crippen molar-refractivity contribution in [1.29, 1.82) is 0 Å². The minimum Gasteiger partial charge on any atom is -0.443 e. The lowest BCUT2D eigenvalue weighted by Gasteiger charge is -2.36. The standard InChI is InChI=1S/C24H23FN4O3/c25-16-5-9-18(10-6-16)28-11-13-29(14-12-28)24(31)20-4-2-1-3-19(20)22-21(26-15-32-22)23(30)27-17-7-8-17/h1-6,9-10,15,17H,7-8,11-14H2,(H,27,30). The molecule has 1 saturated carbocycles. The highest BCUT2D eigenvalue weighted by Crippen LogP contribution is 2.29. The molecule has 0 radical (unpaired) electrons. The van der Waals surface area contributed by atoms with Gasteiger partial charge < -0.3 is 19.5 Å². The lowest BCUT2D eigenvalue weighted by molar-refractivity contribution is 0.0747. The Bertz CT molecular complexity index is 1130. The monoisotopic (exact) mass is 434 g/mol. The number of nitrogens with zero attached hydrogens (tertiary/aromatic N) is 3. The average molecular weight is 434 g/mol. The van der Waals surface area contributed by atoms with Crippen LogP contribution in [0, 0.1) is 5.82 Å². The first-order valence-corrected chi connectivity index (χ1v) is 10.7. The van der Waals surface area contributed by atoms with Gasteiger partial charge in [0.1, 0.15) is 5.82 Å². The van der Waals surface area contributed by atoms with Gasteiger partial charge in [0.25, 0.3) is 11.8 Å². The maximum absolute atomic E-state index is 13.4. The van der Waals surface area contributed by atoms with E-state index in [4.69, 9.17) is 4.42 Å². The summed E-state index contributed by atoms with van der Waals surface area (Å²) in [6.45, 7) is 2.37. The Labute approximate surface area is 184 Å². The van der Waals surface area contributed by atoms with E-state index in [9.17, 15) is 14.0 Å². The largest absolute Gasteiger partial charge is 0.443 e. The van der Waals surface area contributed by atoms with E-state index in [0.717, 1.165) is 18.5 Å². The molecule has 0 atom stereocenters. The summed E-state index contributed by atoms with van der Waals surface area (Å²) in [5.41, 5.74) is 2.15. The fourth-order valence-corrected chi connectivity index (χ4v) is 3.94. The van der Waals surface area contributed by atoms with Crippen LogP contribution in [0.2, 0.25) is 0 Å². The normalized spacial score (nSPS) is 16.2. The molecule has 2 amide bonds. The maximum atomic E-state index is 13.4. The third-order valence-corrected chi connectivity index (χ3v) is 5.86. The molecule has 1 saturated heterocycles. The Kier molecular flexibility index (Phi) is 5.34. The summed E-state index contributed by atoms with van der Waals surface area (Å²) in [7, 11) is 0. The van der Waals surface area contributed by atoms with E-state index in [2.05, 4.69) is 15.2 Å². The van der Waals surface area contributed by atoms with Gasteiger partial charge in [0, 0.05) is 43.5 Å². The fourth-order valence-electron chi connectivity index (χ4n) is 3.94. The minimum absolute atomic E-state index is 0.121. The molecule has 32 heavy (non-hydrogen) atoms. The van der Waals surface area contributed by atoms with Gasteiger partial charge in [0.2, 0.25) is 0 Å². The highest BCUT2D eigenvalue weighted by atomic mass is 19.1. The van der Waals surface area contributed by atoms with Gasteiger partial charge in [-0.05, 0) is 43.2 Å². The van der Waals surface area contributed by atoms with Crippen molar-refractivity contribution >= 4 is 17.5 Å². The number of hydrogen-bond acceptors (Lipinski definition) is 5. The van der Waals surface area contributed by atoms with Crippen molar-refractivity contribution in [3.8, 4) is 11.3 Å². The zero-order chi connectivity index (χ0) is 22.1. The molecule has 8 heteroatoms. The average Bonchev–Trinajstić information content (AvgIpc) is 3.50. The van der Waals surface area contributed by atoms with Crippen LogP contribution in [0.15, 0.2) is 59.3 Å². The molecule has 1 aliphatic carbocycles. The van der Waals surface area contributed by atoms with Gasteiger partial charge in [-0.25, -0.2) is 9.37 Å². The molecule has 2 fully saturated rings. The van der Waals surface area contributed by atoms with E-state index < -0.39 is 0 Å². The highest BCUT2D eigenvalue weighted by molar-refractivity contribution is 6.04. The number of oxazole rings is 1. The second-order valence-electron chi connectivity index (χ2n) is 8.08. The Morgan fingerprint density at radius 1 is 1.00 bits per heavy atom. The number of amides is 2. The molecular formula is C24H23FN4O3. The summed E-state index contributed by atoms with van der Waals surface area (Å²) < 4.78 is 18.8. The molecular weight excluding hydrogens is 411 g/mol. The van der Waals surface area contributed by atoms with Gasteiger partial charge in [0.15, 0.2) is 17.8 Å². The van der Waals surface area contributed by atoms with Crippen molar-refractivity contribution in [2.24, 2.45) is 0 Å². The first kappa shape index (κ1) is 20.2. The van der Waals surface area contributed by atoms with Crippen LogP contribution in [-0.4, -0.2) is 53.9 Å². The summed E-state index contributed by atoms with van der Waals surface area (Å²) in [5, 5.41) is 2.92. The molecule has 0 spiro atoms. The third kappa shape index (κ3) is 4.08. The van der Waals surface area contributed by atoms with Crippen LogP contribution in [0.3, 0.4) is 0 Å². The first-order chi connectivity index (χ1) is 15.6. The van der Waals surface area contributed by atoms with E-state index in [1.54, 1.807) is 35.2 Å². The van der Waals surface area contributed by atoms with Gasteiger partial charge in [0.05, 0.1) is 5.56 Å². The van der Waals surface area contributed by atoms with E-state index >= 15 is 0 Å². The number of piperazine rings is 1. The number of rotatable bonds is 5. The lowest BCUT2D eigenvalue weighted by Crippen LogP contribution is -2.48. The second-order valence-corrected chi connectivity index (χ2v) is 8.08. The van der Waals surface area contributed by atoms with Crippen LogP contribution < -0.4 is 10.2 Å². The van der Waals surface area contributed by atoms with Gasteiger partial charge in [-0.1, -0.05) is 18.2 Å². The number of anilines is 1. The first-order valence-electron chi connectivity index (χ1n) is 10.7. The summed E-state index contributed by atoms with van der Waals surface area (Å²) in [6, 6.07) is 13.7. The molecule has 164 valence electrons. The molecule has 3 aromatic rings. The SMILES string of the molecule is O=C(NC1CC1)c1ncoc1-c1ccccc1C(=O)N1CCN(c2ccc(F)cc2)CC1. The van der Waals surface area contributed by atoms with E-state index in [1.165, 1.54) is 18.5 Å². The highest BCUT2D eigenvalue weighted by Gasteiger charge is 2.30. The zero-order valence-corrected chi connectivity index (χ0v) is 17.5. The van der Waals surface area contributed by atoms with Crippen molar-refractivity contribution in [3.05, 3.63) is 72.0 Å². The minimum atomic E-state index is -0.286. The smallest absolute Gasteiger partial charge is 0.274 e. The molecule has 7 nitrogen and oxygen atoms in total. The van der Waals surface area contributed by atoms with Gasteiger partial charge in [-0.15, -0.1) is 0 Å². The molecule has 1 aromatic heterocycles. The number of halogens is 1. The molecule has 2 aliphatic rings. The summed E-state index contributed by atoms with van der Waals surface area (Å²) in [6.07, 6.45) is 3.18. The number of carbonyl (C=O) groups is 2. The molecule has 1 aliphatic heterocycles. The molecule has 2 aromatic carbocycles. The number of benzene rings is 2.